The van der Waals surface area contributed by atoms with E-state index in [0.717, 1.165) is 77.0 Å². The summed E-state index contributed by atoms with van der Waals surface area (Å²) < 4.78 is 16.8. The van der Waals surface area contributed by atoms with Crippen molar-refractivity contribution in [2.24, 2.45) is 0 Å². The van der Waals surface area contributed by atoms with Crippen molar-refractivity contribution < 1.29 is 28.6 Å². The molecule has 1 atom stereocenters. The van der Waals surface area contributed by atoms with Gasteiger partial charge in [-0.1, -0.05) is 259 Å². The van der Waals surface area contributed by atoms with Crippen LogP contribution in [0.3, 0.4) is 0 Å². The van der Waals surface area contributed by atoms with Gasteiger partial charge in [0.1, 0.15) is 13.2 Å². The molecule has 0 spiro atoms. The molecule has 6 nitrogen and oxygen atoms in total. The van der Waals surface area contributed by atoms with Gasteiger partial charge >= 0.3 is 17.9 Å². The van der Waals surface area contributed by atoms with E-state index in [2.05, 4.69) is 112 Å². The lowest BCUT2D eigenvalue weighted by Crippen LogP contribution is -2.30. The molecule has 0 aliphatic heterocycles. The van der Waals surface area contributed by atoms with Crippen molar-refractivity contribution in [2.45, 2.75) is 297 Å². The summed E-state index contributed by atoms with van der Waals surface area (Å²) in [5.74, 6) is -0.987. The lowest BCUT2D eigenvalue weighted by molar-refractivity contribution is -0.166. The van der Waals surface area contributed by atoms with Crippen molar-refractivity contribution in [3.05, 3.63) is 97.2 Å². The third kappa shape index (κ3) is 59.1. The number of unbranched alkanes of at least 4 members (excludes halogenated alkanes) is 28. The van der Waals surface area contributed by atoms with E-state index in [1.54, 1.807) is 0 Å². The highest BCUT2D eigenvalue weighted by Gasteiger charge is 2.19. The first-order chi connectivity index (χ1) is 36.0. The Morgan fingerprint density at radius 3 is 0.945 bits per heavy atom. The van der Waals surface area contributed by atoms with Gasteiger partial charge in [-0.15, -0.1) is 0 Å². The molecule has 1 unspecified atom stereocenters. The summed E-state index contributed by atoms with van der Waals surface area (Å²) in [7, 11) is 0. The lowest BCUT2D eigenvalue weighted by Gasteiger charge is -2.18. The van der Waals surface area contributed by atoms with Crippen LogP contribution in [0.15, 0.2) is 97.2 Å². The number of esters is 3. The van der Waals surface area contributed by atoms with E-state index in [4.69, 9.17) is 14.2 Å². The molecule has 0 amide bonds. The molecule has 6 heteroatoms. The predicted molar refractivity (Wildman–Crippen MR) is 316 cm³/mol. The zero-order chi connectivity index (χ0) is 52.9. The predicted octanol–water partition coefficient (Wildman–Crippen LogP) is 20.9. The largest absolute Gasteiger partial charge is 0.462 e. The number of hydrogen-bond donors (Lipinski definition) is 0. The number of carbonyl (C=O) groups is 3. The molecule has 0 aliphatic rings. The smallest absolute Gasteiger partial charge is 0.306 e. The van der Waals surface area contributed by atoms with Gasteiger partial charge in [0.15, 0.2) is 6.10 Å². The van der Waals surface area contributed by atoms with E-state index in [1.807, 2.05) is 6.08 Å². The van der Waals surface area contributed by atoms with Gasteiger partial charge in [0.2, 0.25) is 0 Å². The summed E-state index contributed by atoms with van der Waals surface area (Å²) in [4.78, 5) is 38.2. The Labute approximate surface area is 451 Å². The average Bonchev–Trinajstić information content (AvgIpc) is 3.39. The second kappa shape index (κ2) is 60.9. The fourth-order valence-electron chi connectivity index (χ4n) is 8.46. The van der Waals surface area contributed by atoms with Gasteiger partial charge < -0.3 is 14.2 Å². The monoisotopic (exact) mass is 1010 g/mol. The molecular weight excluding hydrogens is 901 g/mol. The zero-order valence-corrected chi connectivity index (χ0v) is 47.9. The summed E-state index contributed by atoms with van der Waals surface area (Å²) in [6.45, 7) is 6.44. The fraction of sp³-hybridized carbons (Fsp3) is 0.716. The first-order valence-corrected chi connectivity index (χ1v) is 30.7. The third-order valence-corrected chi connectivity index (χ3v) is 13.1. The SMILES string of the molecule is CC/C=C\C/C=C\C/C=C\C/C=C\CCC(=O)OCC(COC(=O)CCCCCCCCCCCCC/C=C\C/C=C\CCCCCCC)OC(=O)CCCCCCCCCCC/C=C\C/C=C\CCCCC. The van der Waals surface area contributed by atoms with Crippen LogP contribution in [-0.4, -0.2) is 37.2 Å². The number of hydrogen-bond acceptors (Lipinski definition) is 6. The maximum Gasteiger partial charge on any atom is 0.306 e. The molecule has 0 aromatic carbocycles. The lowest BCUT2D eigenvalue weighted by atomic mass is 10.0. The summed E-state index contributed by atoms with van der Waals surface area (Å²) in [5.41, 5.74) is 0. The molecule has 73 heavy (non-hydrogen) atoms. The first-order valence-electron chi connectivity index (χ1n) is 30.7. The molecule has 0 N–H and O–H groups in total. The number of ether oxygens (including phenoxy) is 3. The molecule has 0 aromatic heterocycles. The van der Waals surface area contributed by atoms with Gasteiger partial charge in [0, 0.05) is 19.3 Å². The van der Waals surface area contributed by atoms with Gasteiger partial charge in [-0.3, -0.25) is 14.4 Å². The van der Waals surface area contributed by atoms with Crippen LogP contribution in [-0.2, 0) is 28.6 Å². The van der Waals surface area contributed by atoms with Crippen LogP contribution in [0, 0.1) is 0 Å². The Bertz CT molecular complexity index is 1440. The normalized spacial score (nSPS) is 12.8. The average molecular weight is 1020 g/mol. The number of carbonyl (C=O) groups excluding carboxylic acids is 3. The number of rotatable bonds is 55. The highest BCUT2D eigenvalue weighted by Crippen LogP contribution is 2.16. The fourth-order valence-corrected chi connectivity index (χ4v) is 8.46. The molecule has 0 saturated carbocycles. The Hall–Kier alpha value is -3.67. The summed E-state index contributed by atoms with van der Waals surface area (Å²) >= 11 is 0. The Morgan fingerprint density at radius 2 is 0.562 bits per heavy atom. The van der Waals surface area contributed by atoms with Gasteiger partial charge in [-0.05, 0) is 109 Å². The Morgan fingerprint density at radius 1 is 0.288 bits per heavy atom. The van der Waals surface area contributed by atoms with Crippen LogP contribution in [0.1, 0.15) is 290 Å². The molecular formula is C67H114O6. The van der Waals surface area contributed by atoms with Crippen LogP contribution in [0.5, 0.6) is 0 Å². The van der Waals surface area contributed by atoms with Crippen molar-refractivity contribution in [1.82, 2.24) is 0 Å². The van der Waals surface area contributed by atoms with Crippen molar-refractivity contribution in [1.29, 1.82) is 0 Å². The Kier molecular flexibility index (Phi) is 57.8. The van der Waals surface area contributed by atoms with E-state index < -0.39 is 6.10 Å². The maximum absolute atomic E-state index is 12.9. The summed E-state index contributed by atoms with van der Waals surface area (Å²) in [6.07, 6.45) is 81.4. The van der Waals surface area contributed by atoms with E-state index in [9.17, 15) is 14.4 Å². The van der Waals surface area contributed by atoms with Crippen LogP contribution in [0.4, 0.5) is 0 Å². The van der Waals surface area contributed by atoms with E-state index in [0.29, 0.717) is 19.3 Å². The van der Waals surface area contributed by atoms with Gasteiger partial charge in [0.25, 0.3) is 0 Å². The van der Waals surface area contributed by atoms with Gasteiger partial charge in [0.05, 0.1) is 0 Å². The van der Waals surface area contributed by atoms with E-state index >= 15 is 0 Å². The molecule has 0 aliphatic carbocycles. The van der Waals surface area contributed by atoms with Crippen LogP contribution in [0.2, 0.25) is 0 Å². The molecule has 0 saturated heterocycles. The van der Waals surface area contributed by atoms with E-state index in [-0.39, 0.29) is 37.5 Å². The quantitative estimate of drug-likeness (QED) is 0.0261. The third-order valence-electron chi connectivity index (χ3n) is 13.1. The second-order valence-electron chi connectivity index (χ2n) is 20.2. The second-order valence-corrected chi connectivity index (χ2v) is 20.2. The van der Waals surface area contributed by atoms with Crippen molar-refractivity contribution in [3.8, 4) is 0 Å². The standard InChI is InChI=1S/C67H114O6/c1-4-7-10-13-16-19-22-25-27-29-31-32-33-34-36-37-39-42-45-48-51-54-57-60-66(69)72-63-64(62-71-65(68)59-56-53-50-47-44-41-24-21-18-15-12-9-6-3)73-67(70)61-58-55-52-49-46-43-40-38-35-30-28-26-23-20-17-14-11-8-5-2/h9,12,17-18,20-22,25-26,28-29,31,41,44,50,53,64H,4-8,10-11,13-16,19,23-24,27,30,32-40,42-43,45-49,51-52,54-63H2,1-3H3/b12-9-,20-17-,21-18-,25-22-,28-26-,31-29-,44-41-,53-50-. The minimum atomic E-state index is -0.811. The van der Waals surface area contributed by atoms with Crippen LogP contribution in [0.25, 0.3) is 0 Å². The topological polar surface area (TPSA) is 78.9 Å². The highest BCUT2D eigenvalue weighted by atomic mass is 16.6. The summed E-state index contributed by atoms with van der Waals surface area (Å²) in [5, 5.41) is 0. The minimum absolute atomic E-state index is 0.102. The molecule has 0 radical (unpaired) electrons. The Balaban J connectivity index is 4.38. The van der Waals surface area contributed by atoms with Crippen LogP contribution < -0.4 is 0 Å². The summed E-state index contributed by atoms with van der Waals surface area (Å²) in [6, 6.07) is 0. The number of allylic oxidation sites excluding steroid dienone is 16. The molecule has 418 valence electrons. The molecule has 0 heterocycles. The minimum Gasteiger partial charge on any atom is -0.462 e. The maximum atomic E-state index is 12.9. The van der Waals surface area contributed by atoms with E-state index in [1.165, 1.54) is 167 Å². The highest BCUT2D eigenvalue weighted by molar-refractivity contribution is 5.71. The van der Waals surface area contributed by atoms with Gasteiger partial charge in [-0.2, -0.15) is 0 Å². The molecule has 0 fully saturated rings. The van der Waals surface area contributed by atoms with Crippen molar-refractivity contribution >= 4 is 17.9 Å². The van der Waals surface area contributed by atoms with Crippen LogP contribution >= 0.6 is 0 Å². The van der Waals surface area contributed by atoms with Crippen molar-refractivity contribution in [3.63, 3.8) is 0 Å². The van der Waals surface area contributed by atoms with Crippen molar-refractivity contribution in [2.75, 3.05) is 13.2 Å². The molecule has 0 bridgehead atoms. The molecule has 0 rings (SSSR count). The van der Waals surface area contributed by atoms with Gasteiger partial charge in [-0.25, -0.2) is 0 Å². The molecule has 0 aromatic rings. The zero-order valence-electron chi connectivity index (χ0n) is 47.9. The first kappa shape index (κ1) is 69.3.